The van der Waals surface area contributed by atoms with Crippen LogP contribution in [0.2, 0.25) is 0 Å². The highest BCUT2D eigenvalue weighted by molar-refractivity contribution is 9.10. The Hall–Kier alpha value is -1.96. The predicted octanol–water partition coefficient (Wildman–Crippen LogP) is 4.54. The monoisotopic (exact) mass is 417 g/mol. The van der Waals surface area contributed by atoms with Crippen LogP contribution in [0.3, 0.4) is 0 Å². The molecule has 1 N–H and O–H groups in total. The number of carbonyl (C=O) groups excluding carboxylic acids is 1. The Morgan fingerprint density at radius 1 is 1.36 bits per heavy atom. The van der Waals surface area contributed by atoms with E-state index >= 15 is 0 Å². The first kappa shape index (κ1) is 16.5. The molecular weight excluding hydrogens is 402 g/mol. The summed E-state index contributed by atoms with van der Waals surface area (Å²) in [5.41, 5.74) is 3.66. The number of anilines is 2. The van der Waals surface area contributed by atoms with Crippen LogP contribution in [0.15, 0.2) is 34.8 Å². The molecule has 4 rings (SSSR count). The van der Waals surface area contributed by atoms with Gasteiger partial charge in [-0.15, -0.1) is 11.3 Å². The summed E-state index contributed by atoms with van der Waals surface area (Å²) in [5, 5.41) is 4.38. The molecule has 0 unspecified atom stereocenters. The van der Waals surface area contributed by atoms with E-state index in [1.165, 1.54) is 11.3 Å². The molecule has 5 nitrogen and oxygen atoms in total. The number of amides is 1. The topological polar surface area (TPSA) is 54.5 Å². The highest BCUT2D eigenvalue weighted by atomic mass is 79.9. The Morgan fingerprint density at radius 2 is 2.12 bits per heavy atom. The van der Waals surface area contributed by atoms with E-state index in [2.05, 4.69) is 26.2 Å². The molecule has 0 aliphatic carbocycles. The van der Waals surface area contributed by atoms with E-state index in [1.54, 1.807) is 12.0 Å². The number of thiophene rings is 1. The number of benzene rings is 1. The maximum atomic E-state index is 13.1. The largest absolute Gasteiger partial charge is 0.380 e. The molecule has 1 amide bonds. The quantitative estimate of drug-likeness (QED) is 0.679. The molecule has 1 aliphatic heterocycles. The molecular formula is C18H16BrN3O2S. The van der Waals surface area contributed by atoms with Crippen molar-refractivity contribution in [1.29, 1.82) is 0 Å². The van der Waals surface area contributed by atoms with Crippen molar-refractivity contribution in [3.8, 4) is 0 Å². The molecule has 2 aromatic heterocycles. The number of methoxy groups -OCH3 is 1. The van der Waals surface area contributed by atoms with Crippen molar-refractivity contribution < 1.29 is 9.53 Å². The molecule has 0 bridgehead atoms. The number of pyridine rings is 1. The first-order valence-corrected chi connectivity index (χ1v) is 9.44. The molecule has 0 spiro atoms. The Kier molecular flexibility index (Phi) is 4.23. The predicted molar refractivity (Wildman–Crippen MR) is 105 cm³/mol. The minimum Gasteiger partial charge on any atom is -0.380 e. The van der Waals surface area contributed by atoms with Crippen molar-refractivity contribution in [3.05, 3.63) is 50.9 Å². The highest BCUT2D eigenvalue weighted by Crippen LogP contribution is 2.43. The van der Waals surface area contributed by atoms with Crippen LogP contribution in [0.5, 0.6) is 0 Å². The van der Waals surface area contributed by atoms with Crippen molar-refractivity contribution >= 4 is 54.8 Å². The minimum atomic E-state index is 0.0000855. The van der Waals surface area contributed by atoms with E-state index in [0.717, 1.165) is 37.3 Å². The number of nitrogens with one attached hydrogen (secondary N) is 1. The molecule has 7 heteroatoms. The van der Waals surface area contributed by atoms with E-state index in [0.29, 0.717) is 18.2 Å². The summed E-state index contributed by atoms with van der Waals surface area (Å²) in [4.78, 5) is 21.0. The molecule has 3 aromatic rings. The Morgan fingerprint density at radius 3 is 2.84 bits per heavy atom. The van der Waals surface area contributed by atoms with Gasteiger partial charge in [0.15, 0.2) is 0 Å². The third-order valence-electron chi connectivity index (χ3n) is 4.25. The van der Waals surface area contributed by atoms with Gasteiger partial charge in [0.2, 0.25) is 0 Å². The lowest BCUT2D eigenvalue weighted by molar-refractivity contribution is 0.0990. The number of fused-ring (bicyclic) bond motifs is 3. The maximum Gasteiger partial charge on any atom is 0.272 e. The number of hydrogen-bond acceptors (Lipinski definition) is 5. The van der Waals surface area contributed by atoms with Crippen molar-refractivity contribution in [2.45, 2.75) is 13.5 Å². The van der Waals surface area contributed by atoms with Crippen LogP contribution in [-0.2, 0) is 11.3 Å². The van der Waals surface area contributed by atoms with Crippen molar-refractivity contribution in [2.75, 3.05) is 24.0 Å². The van der Waals surface area contributed by atoms with E-state index in [-0.39, 0.29) is 5.91 Å². The Bertz CT molecular complexity index is 972. The summed E-state index contributed by atoms with van der Waals surface area (Å²) < 4.78 is 6.31. The van der Waals surface area contributed by atoms with Crippen LogP contribution in [0.25, 0.3) is 10.2 Å². The number of aromatic nitrogens is 1. The minimum absolute atomic E-state index is 0.0000855. The van der Waals surface area contributed by atoms with Crippen molar-refractivity contribution in [3.63, 3.8) is 0 Å². The standard InChI is InChI=1S/C18H16BrN3O2S/c1-10-14(19)12(8-24-2)13-15-16(25-17(13)21-10)18(23)22(9-20-15)11-6-4-3-5-7-11/h3-7,20H,8-9H2,1-2H3. The average molecular weight is 418 g/mol. The van der Waals surface area contributed by atoms with Gasteiger partial charge in [0.25, 0.3) is 5.91 Å². The number of rotatable bonds is 3. The number of ether oxygens (including phenoxy) is 1. The van der Waals surface area contributed by atoms with Crippen LogP contribution >= 0.6 is 27.3 Å². The fourth-order valence-corrected chi connectivity index (χ4v) is 4.65. The van der Waals surface area contributed by atoms with E-state index in [4.69, 9.17) is 4.74 Å². The number of aryl methyl sites for hydroxylation is 1. The van der Waals surface area contributed by atoms with Gasteiger partial charge in [-0.25, -0.2) is 4.98 Å². The highest BCUT2D eigenvalue weighted by Gasteiger charge is 2.31. The molecule has 1 aliphatic rings. The second-order valence-electron chi connectivity index (χ2n) is 5.81. The summed E-state index contributed by atoms with van der Waals surface area (Å²) in [6.07, 6.45) is 0. The molecule has 0 saturated heterocycles. The molecule has 25 heavy (non-hydrogen) atoms. The third kappa shape index (κ3) is 2.63. The number of carbonyl (C=O) groups is 1. The summed E-state index contributed by atoms with van der Waals surface area (Å²) in [6, 6.07) is 9.68. The van der Waals surface area contributed by atoms with E-state index in [9.17, 15) is 4.79 Å². The van der Waals surface area contributed by atoms with Gasteiger partial charge < -0.3 is 10.1 Å². The molecule has 128 valence electrons. The van der Waals surface area contributed by atoms with Crippen molar-refractivity contribution in [1.82, 2.24) is 4.98 Å². The SMILES string of the molecule is COCc1c(Br)c(C)nc2sc3c(c12)NCN(c1ccccc1)C3=O. The molecule has 0 fully saturated rings. The van der Waals surface area contributed by atoms with Gasteiger partial charge in [-0.05, 0) is 35.0 Å². The maximum absolute atomic E-state index is 13.1. The second kappa shape index (κ2) is 6.40. The van der Waals surface area contributed by atoms with E-state index in [1.807, 2.05) is 37.3 Å². The number of hydrogen-bond donors (Lipinski definition) is 1. The van der Waals surface area contributed by atoms with Gasteiger partial charge in [-0.2, -0.15) is 0 Å². The zero-order valence-electron chi connectivity index (χ0n) is 13.8. The number of halogens is 1. The van der Waals surface area contributed by atoms with Gasteiger partial charge in [-0.1, -0.05) is 18.2 Å². The lowest BCUT2D eigenvalue weighted by atomic mass is 10.1. The Balaban J connectivity index is 1.88. The zero-order chi connectivity index (χ0) is 17.6. The molecule has 1 aromatic carbocycles. The molecule has 0 radical (unpaired) electrons. The van der Waals surface area contributed by atoms with E-state index < -0.39 is 0 Å². The van der Waals surface area contributed by atoms with Gasteiger partial charge in [-0.3, -0.25) is 9.69 Å². The van der Waals surface area contributed by atoms with Crippen LogP contribution in [0.1, 0.15) is 20.9 Å². The van der Waals surface area contributed by atoms with Crippen LogP contribution in [-0.4, -0.2) is 24.7 Å². The number of nitrogens with zero attached hydrogens (tertiary/aromatic N) is 2. The third-order valence-corrected chi connectivity index (χ3v) is 6.38. The number of para-hydroxylation sites is 1. The summed E-state index contributed by atoms with van der Waals surface area (Å²) in [6.45, 7) is 2.84. The lowest BCUT2D eigenvalue weighted by Crippen LogP contribution is -2.39. The van der Waals surface area contributed by atoms with Crippen LogP contribution < -0.4 is 10.2 Å². The summed E-state index contributed by atoms with van der Waals surface area (Å²) in [7, 11) is 1.67. The van der Waals surface area contributed by atoms with Crippen molar-refractivity contribution in [2.24, 2.45) is 0 Å². The van der Waals surface area contributed by atoms with Crippen LogP contribution in [0.4, 0.5) is 11.4 Å². The first-order chi connectivity index (χ1) is 12.1. The van der Waals surface area contributed by atoms with Gasteiger partial charge in [0.1, 0.15) is 9.71 Å². The second-order valence-corrected chi connectivity index (χ2v) is 7.60. The Labute approximate surface area is 157 Å². The fourth-order valence-electron chi connectivity index (χ4n) is 3.08. The fraction of sp³-hybridized carbons (Fsp3) is 0.222. The first-order valence-electron chi connectivity index (χ1n) is 7.83. The summed E-state index contributed by atoms with van der Waals surface area (Å²) in [5.74, 6) is 0.0000855. The van der Waals surface area contributed by atoms with Gasteiger partial charge >= 0.3 is 0 Å². The average Bonchev–Trinajstić information content (AvgIpc) is 2.99. The normalized spacial score (nSPS) is 13.9. The summed E-state index contributed by atoms with van der Waals surface area (Å²) >= 11 is 5.05. The lowest BCUT2D eigenvalue weighted by Gasteiger charge is -2.28. The molecule has 3 heterocycles. The van der Waals surface area contributed by atoms with Gasteiger partial charge in [0.05, 0.1) is 24.7 Å². The molecule has 0 atom stereocenters. The smallest absolute Gasteiger partial charge is 0.272 e. The molecule has 0 saturated carbocycles. The van der Waals surface area contributed by atoms with Crippen LogP contribution in [0, 0.1) is 6.92 Å². The zero-order valence-corrected chi connectivity index (χ0v) is 16.2. The van der Waals surface area contributed by atoms with Gasteiger partial charge in [0, 0.05) is 28.2 Å².